The Morgan fingerprint density at radius 1 is 1.47 bits per heavy atom. The molecule has 0 amide bonds. The molecule has 0 bridgehead atoms. The van der Waals surface area contributed by atoms with Crippen LogP contribution in [-0.4, -0.2) is 29.6 Å². The minimum atomic E-state index is 0.578. The smallest absolute Gasteiger partial charge is 0.197 e. The largest absolute Gasteiger partial charge is 0.493 e. The standard InChI is InChI=1S/C10H12BN3O/c1-15-7-4-5-8(11)14-10(7)12-9(13-14)6-2-3-6/h4-6H,2-3,11H2,1H3. The molecule has 0 unspecified atom stereocenters. The van der Waals surface area contributed by atoms with Crippen molar-refractivity contribution >= 4 is 19.1 Å². The van der Waals surface area contributed by atoms with E-state index >= 15 is 0 Å². The van der Waals surface area contributed by atoms with Crippen LogP contribution >= 0.6 is 0 Å². The van der Waals surface area contributed by atoms with Gasteiger partial charge in [-0.15, -0.1) is 0 Å². The maximum absolute atomic E-state index is 5.27. The second-order valence-electron chi connectivity index (χ2n) is 4.02. The van der Waals surface area contributed by atoms with Crippen molar-refractivity contribution in [2.45, 2.75) is 18.8 Å². The normalized spacial score (nSPS) is 15.8. The molecule has 0 radical (unpaired) electrons. The van der Waals surface area contributed by atoms with Gasteiger partial charge in [-0.25, -0.2) is 9.50 Å². The van der Waals surface area contributed by atoms with Gasteiger partial charge in [0.25, 0.3) is 0 Å². The van der Waals surface area contributed by atoms with Crippen molar-refractivity contribution < 1.29 is 4.74 Å². The number of rotatable bonds is 2. The Labute approximate surface area is 88.7 Å². The van der Waals surface area contributed by atoms with E-state index in [1.54, 1.807) is 7.11 Å². The van der Waals surface area contributed by atoms with E-state index in [1.807, 2.05) is 24.5 Å². The number of hydrogen-bond donors (Lipinski definition) is 0. The average molecular weight is 201 g/mol. The van der Waals surface area contributed by atoms with Gasteiger partial charge in [-0.05, 0) is 30.6 Å². The van der Waals surface area contributed by atoms with Gasteiger partial charge in [0.15, 0.2) is 25.1 Å². The van der Waals surface area contributed by atoms with Crippen LogP contribution in [0.15, 0.2) is 12.1 Å². The molecule has 0 aromatic carbocycles. The summed E-state index contributed by atoms with van der Waals surface area (Å²) in [6.45, 7) is 0. The first kappa shape index (κ1) is 8.77. The van der Waals surface area contributed by atoms with Crippen molar-refractivity contribution in [2.75, 3.05) is 7.11 Å². The van der Waals surface area contributed by atoms with Crippen LogP contribution in [-0.2, 0) is 0 Å². The summed E-state index contributed by atoms with van der Waals surface area (Å²) < 4.78 is 7.14. The highest BCUT2D eigenvalue weighted by atomic mass is 16.5. The molecule has 2 aromatic rings. The zero-order chi connectivity index (χ0) is 10.4. The summed E-state index contributed by atoms with van der Waals surface area (Å²) in [5, 5.41) is 4.51. The van der Waals surface area contributed by atoms with Crippen molar-refractivity contribution in [3.63, 3.8) is 0 Å². The van der Waals surface area contributed by atoms with Gasteiger partial charge in [0.05, 0.1) is 7.11 Å². The highest BCUT2D eigenvalue weighted by Gasteiger charge is 2.28. The third kappa shape index (κ3) is 1.30. The second kappa shape index (κ2) is 2.99. The number of aromatic nitrogens is 3. The van der Waals surface area contributed by atoms with E-state index in [-0.39, 0.29) is 0 Å². The van der Waals surface area contributed by atoms with Crippen LogP contribution in [0.4, 0.5) is 0 Å². The SMILES string of the molecule is Bc1ccc(OC)c2nc(C3CC3)nn12. The Kier molecular flexibility index (Phi) is 1.74. The van der Waals surface area contributed by atoms with Crippen molar-refractivity contribution in [1.29, 1.82) is 0 Å². The van der Waals surface area contributed by atoms with Crippen molar-refractivity contribution in [3.8, 4) is 5.75 Å². The summed E-state index contributed by atoms with van der Waals surface area (Å²) in [7, 11) is 3.69. The van der Waals surface area contributed by atoms with Crippen LogP contribution in [0.5, 0.6) is 5.75 Å². The fourth-order valence-electron chi connectivity index (χ4n) is 1.75. The zero-order valence-corrected chi connectivity index (χ0v) is 8.90. The summed E-state index contributed by atoms with van der Waals surface area (Å²) in [5.41, 5.74) is 1.92. The molecule has 1 saturated carbocycles. The van der Waals surface area contributed by atoms with Crippen LogP contribution in [0.1, 0.15) is 24.6 Å². The lowest BCUT2D eigenvalue weighted by molar-refractivity contribution is 0.417. The van der Waals surface area contributed by atoms with E-state index < -0.39 is 0 Å². The molecular formula is C10H12BN3O. The number of hydrogen-bond acceptors (Lipinski definition) is 3. The summed E-state index contributed by atoms with van der Waals surface area (Å²) in [6.07, 6.45) is 2.44. The van der Waals surface area contributed by atoms with Gasteiger partial charge in [0, 0.05) is 5.92 Å². The second-order valence-corrected chi connectivity index (χ2v) is 4.02. The molecule has 0 saturated heterocycles. The molecule has 3 rings (SSSR count). The van der Waals surface area contributed by atoms with Gasteiger partial charge in [-0.1, -0.05) is 0 Å². The lowest BCUT2D eigenvalue weighted by Gasteiger charge is -2.02. The van der Waals surface area contributed by atoms with E-state index in [4.69, 9.17) is 4.74 Å². The molecule has 0 atom stereocenters. The number of methoxy groups -OCH3 is 1. The average Bonchev–Trinajstić information content (AvgIpc) is 2.99. The highest BCUT2D eigenvalue weighted by molar-refractivity contribution is 6.31. The Balaban J connectivity index is 2.25. The van der Waals surface area contributed by atoms with E-state index in [2.05, 4.69) is 10.1 Å². The Bertz CT molecular complexity index is 519. The van der Waals surface area contributed by atoms with E-state index in [1.165, 1.54) is 12.8 Å². The van der Waals surface area contributed by atoms with Crippen LogP contribution in [0, 0.1) is 0 Å². The third-order valence-corrected chi connectivity index (χ3v) is 2.82. The Hall–Kier alpha value is -1.52. The zero-order valence-electron chi connectivity index (χ0n) is 8.90. The van der Waals surface area contributed by atoms with Crippen molar-refractivity contribution in [1.82, 2.24) is 14.6 Å². The molecule has 0 spiro atoms. The predicted molar refractivity (Wildman–Crippen MR) is 59.7 cm³/mol. The van der Waals surface area contributed by atoms with Crippen molar-refractivity contribution in [3.05, 3.63) is 18.0 Å². The summed E-state index contributed by atoms with van der Waals surface area (Å²) in [4.78, 5) is 4.53. The first-order valence-electron chi connectivity index (χ1n) is 5.20. The maximum Gasteiger partial charge on any atom is 0.197 e. The third-order valence-electron chi connectivity index (χ3n) is 2.82. The van der Waals surface area contributed by atoms with Gasteiger partial charge < -0.3 is 4.74 Å². The molecule has 2 aromatic heterocycles. The summed E-state index contributed by atoms with van der Waals surface area (Å²) in [5.74, 6) is 2.33. The van der Waals surface area contributed by atoms with Crippen LogP contribution < -0.4 is 10.3 Å². The van der Waals surface area contributed by atoms with E-state index in [0.29, 0.717) is 5.92 Å². The van der Waals surface area contributed by atoms with Crippen LogP contribution in [0.2, 0.25) is 0 Å². The molecule has 5 heteroatoms. The molecule has 1 fully saturated rings. The minimum Gasteiger partial charge on any atom is -0.493 e. The minimum absolute atomic E-state index is 0.578. The molecule has 76 valence electrons. The van der Waals surface area contributed by atoms with Crippen LogP contribution in [0.25, 0.3) is 5.65 Å². The predicted octanol–water partition coefficient (Wildman–Crippen LogP) is -0.126. The van der Waals surface area contributed by atoms with Gasteiger partial charge in [0.2, 0.25) is 0 Å². The molecule has 4 nitrogen and oxygen atoms in total. The maximum atomic E-state index is 5.27. The molecule has 15 heavy (non-hydrogen) atoms. The fourth-order valence-corrected chi connectivity index (χ4v) is 1.75. The fraction of sp³-hybridized carbons (Fsp3) is 0.400. The van der Waals surface area contributed by atoms with E-state index in [0.717, 1.165) is 22.8 Å². The van der Waals surface area contributed by atoms with Crippen molar-refractivity contribution in [2.24, 2.45) is 0 Å². The van der Waals surface area contributed by atoms with Gasteiger partial charge >= 0.3 is 0 Å². The monoisotopic (exact) mass is 201 g/mol. The number of nitrogens with zero attached hydrogens (tertiary/aromatic N) is 3. The van der Waals surface area contributed by atoms with Gasteiger partial charge in [-0.3, -0.25) is 0 Å². The first-order chi connectivity index (χ1) is 7.29. The Morgan fingerprint density at radius 2 is 2.27 bits per heavy atom. The lowest BCUT2D eigenvalue weighted by atomic mass is 10.0. The lowest BCUT2D eigenvalue weighted by Crippen LogP contribution is -2.15. The number of ether oxygens (including phenoxy) is 1. The molecule has 1 aliphatic carbocycles. The van der Waals surface area contributed by atoms with Gasteiger partial charge in [0.1, 0.15) is 0 Å². The summed E-state index contributed by atoms with van der Waals surface area (Å²) >= 11 is 0. The highest BCUT2D eigenvalue weighted by Crippen LogP contribution is 2.38. The first-order valence-corrected chi connectivity index (χ1v) is 5.20. The Morgan fingerprint density at radius 3 is 2.93 bits per heavy atom. The quantitative estimate of drug-likeness (QED) is 0.635. The molecule has 0 aliphatic heterocycles. The topological polar surface area (TPSA) is 39.4 Å². The van der Waals surface area contributed by atoms with Crippen LogP contribution in [0.3, 0.4) is 0 Å². The van der Waals surface area contributed by atoms with E-state index in [9.17, 15) is 0 Å². The molecule has 2 heterocycles. The van der Waals surface area contributed by atoms with Gasteiger partial charge in [-0.2, -0.15) is 5.10 Å². The molecule has 1 aliphatic rings. The summed E-state index contributed by atoms with van der Waals surface area (Å²) in [6, 6.07) is 3.94. The number of pyridine rings is 1. The molecular weight excluding hydrogens is 189 g/mol. The number of fused-ring (bicyclic) bond motifs is 1. The molecule has 0 N–H and O–H groups in total.